The van der Waals surface area contributed by atoms with E-state index in [0.29, 0.717) is 6.42 Å². The van der Waals surface area contributed by atoms with E-state index in [9.17, 15) is 22.4 Å². The maximum atomic E-state index is 14.7. The first-order valence-corrected chi connectivity index (χ1v) is 9.74. The molecule has 0 aliphatic rings. The lowest BCUT2D eigenvalue weighted by Gasteiger charge is -2.31. The van der Waals surface area contributed by atoms with Crippen LogP contribution in [0.25, 0.3) is 16.9 Å². The second kappa shape index (κ2) is 8.64. The van der Waals surface area contributed by atoms with Gasteiger partial charge in [0.25, 0.3) is 0 Å². The molecule has 3 rings (SSSR count). The Hall–Kier alpha value is -3.37. The Morgan fingerprint density at radius 2 is 1.97 bits per heavy atom. The fourth-order valence-electron chi connectivity index (χ4n) is 3.57. The van der Waals surface area contributed by atoms with Gasteiger partial charge in [-0.15, -0.1) is 0 Å². The van der Waals surface area contributed by atoms with Gasteiger partial charge in [0.1, 0.15) is 6.61 Å². The minimum absolute atomic E-state index is 0.0280. The highest BCUT2D eigenvalue weighted by atomic mass is 19.4. The second-order valence-electron chi connectivity index (χ2n) is 8.15. The monoisotopic (exact) mass is 454 g/mol. The SMILES string of the molecule is CC(C)CC(C)(COc1ccc(-c2ccnc3cc(C(F)(F)F)nn23)cc1F)NC(=O)O. The molecule has 1 unspecified atom stereocenters. The number of carboxylic acid groups (broad SMARTS) is 1. The van der Waals surface area contributed by atoms with Crippen LogP contribution >= 0.6 is 0 Å². The molecule has 7 nitrogen and oxygen atoms in total. The van der Waals surface area contributed by atoms with Crippen LogP contribution in [0.4, 0.5) is 22.4 Å². The van der Waals surface area contributed by atoms with Gasteiger partial charge in [-0.05, 0) is 43.5 Å². The summed E-state index contributed by atoms with van der Waals surface area (Å²) < 4.78 is 60.3. The Balaban J connectivity index is 1.87. The molecule has 172 valence electrons. The van der Waals surface area contributed by atoms with Gasteiger partial charge in [-0.25, -0.2) is 18.7 Å². The van der Waals surface area contributed by atoms with E-state index in [2.05, 4.69) is 15.4 Å². The zero-order valence-corrected chi connectivity index (χ0v) is 17.6. The van der Waals surface area contributed by atoms with Crippen molar-refractivity contribution in [2.24, 2.45) is 5.92 Å². The largest absolute Gasteiger partial charge is 0.488 e. The third-order valence-corrected chi connectivity index (χ3v) is 4.69. The average molecular weight is 454 g/mol. The van der Waals surface area contributed by atoms with Gasteiger partial charge >= 0.3 is 12.3 Å². The maximum absolute atomic E-state index is 14.7. The molecule has 1 amide bonds. The van der Waals surface area contributed by atoms with E-state index in [1.54, 1.807) is 6.92 Å². The van der Waals surface area contributed by atoms with E-state index < -0.39 is 29.3 Å². The Morgan fingerprint density at radius 1 is 1.25 bits per heavy atom. The van der Waals surface area contributed by atoms with Crippen LogP contribution in [0, 0.1) is 11.7 Å². The van der Waals surface area contributed by atoms with Crippen molar-refractivity contribution in [2.45, 2.75) is 38.9 Å². The first-order valence-electron chi connectivity index (χ1n) is 9.74. The Labute approximate surface area is 181 Å². The molecule has 0 aliphatic carbocycles. The number of carbonyl (C=O) groups is 1. The molecular weight excluding hydrogens is 432 g/mol. The normalized spacial score (nSPS) is 13.9. The summed E-state index contributed by atoms with van der Waals surface area (Å²) in [4.78, 5) is 15.0. The number of hydrogen-bond donors (Lipinski definition) is 2. The van der Waals surface area contributed by atoms with E-state index in [1.807, 2.05) is 13.8 Å². The number of halogens is 4. The van der Waals surface area contributed by atoms with Crippen LogP contribution in [0.5, 0.6) is 5.75 Å². The first-order chi connectivity index (χ1) is 14.9. The Bertz CT molecular complexity index is 1130. The quantitative estimate of drug-likeness (QED) is 0.490. The van der Waals surface area contributed by atoms with Crippen molar-refractivity contribution in [1.82, 2.24) is 19.9 Å². The number of nitrogens with zero attached hydrogens (tertiary/aromatic N) is 3. The van der Waals surface area contributed by atoms with Crippen molar-refractivity contribution in [1.29, 1.82) is 0 Å². The summed E-state index contributed by atoms with van der Waals surface area (Å²) in [5, 5.41) is 15.0. The predicted octanol–water partition coefficient (Wildman–Crippen LogP) is 5.01. The summed E-state index contributed by atoms with van der Waals surface area (Å²) in [6.07, 6.45) is -4.08. The van der Waals surface area contributed by atoms with E-state index in [4.69, 9.17) is 9.84 Å². The van der Waals surface area contributed by atoms with Crippen LogP contribution in [0.3, 0.4) is 0 Å². The number of alkyl halides is 3. The van der Waals surface area contributed by atoms with Gasteiger partial charge in [0.15, 0.2) is 22.9 Å². The summed E-state index contributed by atoms with van der Waals surface area (Å²) in [6.45, 7) is 5.40. The van der Waals surface area contributed by atoms with Crippen LogP contribution < -0.4 is 10.1 Å². The van der Waals surface area contributed by atoms with Crippen LogP contribution in [0.1, 0.15) is 32.9 Å². The number of hydrogen-bond acceptors (Lipinski definition) is 4. The van der Waals surface area contributed by atoms with Gasteiger partial charge in [0.2, 0.25) is 0 Å². The molecule has 2 aromatic heterocycles. The zero-order chi connectivity index (χ0) is 23.7. The zero-order valence-electron chi connectivity index (χ0n) is 17.6. The molecule has 11 heteroatoms. The van der Waals surface area contributed by atoms with Gasteiger partial charge in [-0.1, -0.05) is 13.8 Å². The van der Waals surface area contributed by atoms with Crippen molar-refractivity contribution in [3.8, 4) is 17.0 Å². The minimum Gasteiger partial charge on any atom is -0.488 e. The number of amides is 1. The molecule has 1 atom stereocenters. The van der Waals surface area contributed by atoms with Gasteiger partial charge < -0.3 is 15.2 Å². The molecule has 0 saturated heterocycles. The molecule has 0 spiro atoms. The Kier molecular flexibility index (Phi) is 6.29. The molecule has 2 heterocycles. The number of fused-ring (bicyclic) bond motifs is 1. The van der Waals surface area contributed by atoms with E-state index >= 15 is 0 Å². The summed E-state index contributed by atoms with van der Waals surface area (Å²) in [7, 11) is 0. The third kappa shape index (κ3) is 5.27. The van der Waals surface area contributed by atoms with Crippen LogP contribution in [0.15, 0.2) is 36.5 Å². The standard InChI is InChI=1S/C21H22F4N4O3/c1-12(2)10-20(3,27-19(30)31)11-32-16-5-4-13(8-14(16)22)15-6-7-26-18-9-17(21(23,24)25)28-29(15)18/h4-9,12,27H,10-11H2,1-3H3,(H,30,31). The van der Waals surface area contributed by atoms with Crippen molar-refractivity contribution in [3.05, 3.63) is 48.0 Å². The summed E-state index contributed by atoms with van der Waals surface area (Å²) in [6, 6.07) is 6.16. The molecule has 2 N–H and O–H groups in total. The first kappa shape index (κ1) is 23.3. The second-order valence-corrected chi connectivity index (χ2v) is 8.15. The molecule has 0 radical (unpaired) electrons. The van der Waals surface area contributed by atoms with Crippen LogP contribution in [-0.2, 0) is 6.18 Å². The number of benzene rings is 1. The van der Waals surface area contributed by atoms with Gasteiger partial charge in [-0.3, -0.25) is 0 Å². The highest BCUT2D eigenvalue weighted by Crippen LogP contribution is 2.31. The lowest BCUT2D eigenvalue weighted by molar-refractivity contribution is -0.141. The van der Waals surface area contributed by atoms with Crippen LogP contribution in [-0.4, -0.2) is 37.9 Å². The maximum Gasteiger partial charge on any atom is 0.435 e. The van der Waals surface area contributed by atoms with Crippen LogP contribution in [0.2, 0.25) is 0 Å². The van der Waals surface area contributed by atoms with Crippen molar-refractivity contribution in [2.75, 3.05) is 6.61 Å². The highest BCUT2D eigenvalue weighted by molar-refractivity contribution is 5.65. The van der Waals surface area contributed by atoms with E-state index in [-0.39, 0.29) is 35.2 Å². The molecule has 3 aromatic rings. The lowest BCUT2D eigenvalue weighted by atomic mass is 9.91. The predicted molar refractivity (Wildman–Crippen MR) is 108 cm³/mol. The van der Waals surface area contributed by atoms with Crippen molar-refractivity contribution < 1.29 is 32.2 Å². The smallest absolute Gasteiger partial charge is 0.435 e. The fraction of sp³-hybridized carbons (Fsp3) is 0.381. The summed E-state index contributed by atoms with van der Waals surface area (Å²) in [5.74, 6) is -0.706. The van der Waals surface area contributed by atoms with Crippen molar-refractivity contribution >= 4 is 11.7 Å². The van der Waals surface area contributed by atoms with Gasteiger partial charge in [0, 0.05) is 17.8 Å². The average Bonchev–Trinajstić information content (AvgIpc) is 3.10. The van der Waals surface area contributed by atoms with E-state index in [1.165, 1.54) is 24.4 Å². The highest BCUT2D eigenvalue weighted by Gasteiger charge is 2.34. The molecule has 0 saturated carbocycles. The summed E-state index contributed by atoms with van der Waals surface area (Å²) >= 11 is 0. The third-order valence-electron chi connectivity index (χ3n) is 4.69. The molecule has 0 fully saturated rings. The fourth-order valence-corrected chi connectivity index (χ4v) is 3.57. The van der Waals surface area contributed by atoms with Gasteiger partial charge in [-0.2, -0.15) is 18.3 Å². The molecule has 32 heavy (non-hydrogen) atoms. The van der Waals surface area contributed by atoms with E-state index in [0.717, 1.165) is 16.6 Å². The number of rotatable bonds is 7. The van der Waals surface area contributed by atoms with Crippen molar-refractivity contribution in [3.63, 3.8) is 0 Å². The lowest BCUT2D eigenvalue weighted by Crippen LogP contribution is -2.50. The number of aromatic nitrogens is 3. The number of ether oxygens (including phenoxy) is 1. The molecule has 1 aromatic carbocycles. The summed E-state index contributed by atoms with van der Waals surface area (Å²) in [5.41, 5.74) is -1.58. The Morgan fingerprint density at radius 3 is 2.56 bits per heavy atom. The van der Waals surface area contributed by atoms with Gasteiger partial charge in [0.05, 0.1) is 11.2 Å². The molecular formula is C21H22F4N4O3. The minimum atomic E-state index is -4.64. The molecule has 0 aliphatic heterocycles. The molecule has 0 bridgehead atoms. The number of nitrogens with one attached hydrogen (secondary N) is 1. The topological polar surface area (TPSA) is 88.8 Å².